The maximum absolute atomic E-state index is 12.9. The Morgan fingerprint density at radius 3 is 2.67 bits per heavy atom. The molecule has 3 aromatic rings. The average molecular weight is 417 g/mol. The van der Waals surface area contributed by atoms with E-state index in [4.69, 9.17) is 11.7 Å². The van der Waals surface area contributed by atoms with Crippen LogP contribution >= 0.6 is 0 Å². The first-order chi connectivity index (χ1) is 14.4. The number of rotatable bonds is 3. The van der Waals surface area contributed by atoms with Crippen molar-refractivity contribution >= 4 is 5.82 Å². The first-order valence-electron chi connectivity index (χ1n) is 9.60. The fourth-order valence-corrected chi connectivity index (χ4v) is 3.83. The van der Waals surface area contributed by atoms with Crippen LogP contribution in [0.2, 0.25) is 0 Å². The Balaban J connectivity index is 1.54. The van der Waals surface area contributed by atoms with Gasteiger partial charge in [0.2, 0.25) is 0 Å². The van der Waals surface area contributed by atoms with Crippen LogP contribution in [0.4, 0.5) is 19.0 Å². The van der Waals surface area contributed by atoms with Crippen molar-refractivity contribution in [1.29, 1.82) is 0 Å². The third-order valence-corrected chi connectivity index (χ3v) is 5.14. The molecule has 0 aliphatic carbocycles. The third kappa shape index (κ3) is 3.48. The first kappa shape index (κ1) is 18.9. The first-order valence-corrected chi connectivity index (χ1v) is 9.60. The molecule has 0 atom stereocenters. The SMILES string of the molecule is [CH]c1nc(-c2cn3c(n2)-c2cnc(N4CCCC4)cc2OCC3)n(CC(F)(F)F)n1. The standard InChI is InChI=1S/C19H18F3N7O/c1-12-24-18(29(26-12)11-19(20,21)22)14-10-28-6-7-30-15-8-16(27-4-2-3-5-27)23-9-13(15)17(28)25-14/h1,8-10H,2-7,11H2. The zero-order valence-electron chi connectivity index (χ0n) is 15.9. The topological polar surface area (TPSA) is 73.9 Å². The van der Waals surface area contributed by atoms with Gasteiger partial charge in [-0.3, -0.25) is 0 Å². The molecule has 2 radical (unpaired) electrons. The Hall–Kier alpha value is -3.11. The number of alkyl halides is 3. The molecule has 156 valence electrons. The second kappa shape index (κ2) is 6.99. The predicted octanol–water partition coefficient (Wildman–Crippen LogP) is 2.82. The molecular weight excluding hydrogens is 399 g/mol. The lowest BCUT2D eigenvalue weighted by Gasteiger charge is -2.17. The summed E-state index contributed by atoms with van der Waals surface area (Å²) >= 11 is 0. The van der Waals surface area contributed by atoms with E-state index in [1.807, 2.05) is 10.6 Å². The van der Waals surface area contributed by atoms with Gasteiger partial charge >= 0.3 is 6.18 Å². The fourth-order valence-electron chi connectivity index (χ4n) is 3.83. The smallest absolute Gasteiger partial charge is 0.408 e. The highest BCUT2D eigenvalue weighted by molar-refractivity contribution is 5.69. The number of fused-ring (bicyclic) bond motifs is 3. The Kier molecular flexibility index (Phi) is 4.40. The van der Waals surface area contributed by atoms with Gasteiger partial charge in [-0.15, -0.1) is 0 Å². The molecule has 5 heterocycles. The van der Waals surface area contributed by atoms with E-state index in [0.29, 0.717) is 30.3 Å². The zero-order chi connectivity index (χ0) is 20.9. The zero-order valence-corrected chi connectivity index (χ0v) is 15.9. The Labute approximate surface area is 170 Å². The van der Waals surface area contributed by atoms with Gasteiger partial charge in [0, 0.05) is 38.5 Å². The highest BCUT2D eigenvalue weighted by atomic mass is 19.4. The van der Waals surface area contributed by atoms with Gasteiger partial charge in [-0.25, -0.2) is 19.6 Å². The molecule has 30 heavy (non-hydrogen) atoms. The molecule has 1 saturated heterocycles. The van der Waals surface area contributed by atoms with E-state index >= 15 is 0 Å². The normalized spacial score (nSPS) is 16.2. The summed E-state index contributed by atoms with van der Waals surface area (Å²) in [4.78, 5) is 15.3. The number of aromatic nitrogens is 6. The van der Waals surface area contributed by atoms with E-state index in [1.165, 1.54) is 0 Å². The van der Waals surface area contributed by atoms with Crippen LogP contribution in [0.5, 0.6) is 5.75 Å². The molecule has 0 amide bonds. The molecule has 2 aliphatic heterocycles. The summed E-state index contributed by atoms with van der Waals surface area (Å²) in [5, 5.41) is 3.67. The second-order valence-electron chi connectivity index (χ2n) is 7.29. The molecular formula is C19H18F3N7O. The number of ether oxygens (including phenoxy) is 1. The summed E-state index contributed by atoms with van der Waals surface area (Å²) in [5.41, 5.74) is 0.937. The summed E-state index contributed by atoms with van der Waals surface area (Å²) in [6.45, 7) is 7.06. The van der Waals surface area contributed by atoms with Crippen molar-refractivity contribution in [1.82, 2.24) is 29.3 Å². The Bertz CT molecular complexity index is 1080. The number of anilines is 1. The maximum atomic E-state index is 12.9. The van der Waals surface area contributed by atoms with Gasteiger partial charge in [-0.1, -0.05) is 0 Å². The van der Waals surface area contributed by atoms with Crippen LogP contribution in [0.15, 0.2) is 18.5 Å². The summed E-state index contributed by atoms with van der Waals surface area (Å²) in [6.07, 6.45) is 1.15. The van der Waals surface area contributed by atoms with Crippen LogP contribution in [-0.4, -0.2) is 55.2 Å². The fraction of sp³-hybridized carbons (Fsp3) is 0.421. The summed E-state index contributed by atoms with van der Waals surface area (Å²) < 4.78 is 47.2. The Morgan fingerprint density at radius 2 is 1.90 bits per heavy atom. The van der Waals surface area contributed by atoms with E-state index in [2.05, 4.69) is 25.0 Å². The molecule has 3 aromatic heterocycles. The molecule has 8 nitrogen and oxygen atoms in total. The molecule has 0 unspecified atom stereocenters. The summed E-state index contributed by atoms with van der Waals surface area (Å²) in [7, 11) is 0. The molecule has 2 aliphatic rings. The minimum absolute atomic E-state index is 0.0329. The van der Waals surface area contributed by atoms with Crippen LogP contribution in [-0.2, 0) is 13.1 Å². The lowest BCUT2D eigenvalue weighted by Crippen LogP contribution is -2.19. The van der Waals surface area contributed by atoms with Crippen molar-refractivity contribution in [2.45, 2.75) is 32.1 Å². The monoisotopic (exact) mass is 417 g/mol. The summed E-state index contributed by atoms with van der Waals surface area (Å²) in [6, 6.07) is 1.90. The van der Waals surface area contributed by atoms with Crippen LogP contribution in [0.1, 0.15) is 18.7 Å². The van der Waals surface area contributed by atoms with Gasteiger partial charge < -0.3 is 14.2 Å². The number of imidazole rings is 1. The molecule has 0 spiro atoms. The van der Waals surface area contributed by atoms with Crippen molar-refractivity contribution in [3.8, 4) is 28.7 Å². The van der Waals surface area contributed by atoms with Crippen LogP contribution in [0.25, 0.3) is 22.9 Å². The molecule has 11 heteroatoms. The van der Waals surface area contributed by atoms with Crippen LogP contribution < -0.4 is 9.64 Å². The lowest BCUT2D eigenvalue weighted by atomic mass is 10.2. The Morgan fingerprint density at radius 1 is 1.10 bits per heavy atom. The second-order valence-corrected chi connectivity index (χ2v) is 7.29. The largest absolute Gasteiger partial charge is 0.491 e. The predicted molar refractivity (Wildman–Crippen MR) is 101 cm³/mol. The van der Waals surface area contributed by atoms with Gasteiger partial charge in [0.15, 0.2) is 11.6 Å². The van der Waals surface area contributed by atoms with Crippen molar-refractivity contribution < 1.29 is 17.9 Å². The average Bonchev–Trinajstić information content (AvgIpc) is 3.39. The molecule has 1 fully saturated rings. The lowest BCUT2D eigenvalue weighted by molar-refractivity contribution is -0.142. The minimum atomic E-state index is -4.46. The third-order valence-electron chi connectivity index (χ3n) is 5.14. The molecule has 0 bridgehead atoms. The van der Waals surface area contributed by atoms with E-state index in [0.717, 1.165) is 36.4 Å². The molecule has 0 saturated carbocycles. The van der Waals surface area contributed by atoms with E-state index in [-0.39, 0.29) is 17.3 Å². The van der Waals surface area contributed by atoms with Gasteiger partial charge in [-0.2, -0.15) is 18.3 Å². The molecule has 0 N–H and O–H groups in total. The van der Waals surface area contributed by atoms with Crippen molar-refractivity contribution in [3.63, 3.8) is 0 Å². The van der Waals surface area contributed by atoms with Crippen molar-refractivity contribution in [2.75, 3.05) is 24.6 Å². The molecule has 0 aromatic carbocycles. The number of pyridine rings is 1. The molecule has 5 rings (SSSR count). The minimum Gasteiger partial charge on any atom is -0.491 e. The van der Waals surface area contributed by atoms with Crippen molar-refractivity contribution in [3.05, 3.63) is 31.2 Å². The van der Waals surface area contributed by atoms with Gasteiger partial charge in [0.25, 0.3) is 0 Å². The number of nitrogens with zero attached hydrogens (tertiary/aromatic N) is 7. The van der Waals surface area contributed by atoms with Gasteiger partial charge in [-0.05, 0) is 12.8 Å². The van der Waals surface area contributed by atoms with Crippen molar-refractivity contribution in [2.24, 2.45) is 0 Å². The van der Waals surface area contributed by atoms with Crippen LogP contribution in [0.3, 0.4) is 0 Å². The maximum Gasteiger partial charge on any atom is 0.408 e. The highest BCUT2D eigenvalue weighted by Crippen LogP contribution is 2.36. The van der Waals surface area contributed by atoms with E-state index in [9.17, 15) is 13.2 Å². The quantitative estimate of drug-likeness (QED) is 0.653. The van der Waals surface area contributed by atoms with E-state index in [1.54, 1.807) is 12.4 Å². The summed E-state index contributed by atoms with van der Waals surface area (Å²) in [5.74, 6) is 1.79. The van der Waals surface area contributed by atoms with E-state index < -0.39 is 12.7 Å². The highest BCUT2D eigenvalue weighted by Gasteiger charge is 2.31. The number of hydrogen-bond donors (Lipinski definition) is 0. The van der Waals surface area contributed by atoms with Gasteiger partial charge in [0.05, 0.1) is 12.1 Å². The number of hydrogen-bond acceptors (Lipinski definition) is 6. The number of halogens is 3. The van der Waals surface area contributed by atoms with Gasteiger partial charge in [0.1, 0.15) is 36.2 Å². The van der Waals surface area contributed by atoms with Crippen LogP contribution in [0, 0.1) is 6.92 Å².